The number of ether oxygens (including phenoxy) is 1. The first-order valence-electron chi connectivity index (χ1n) is 5.46. The number of aliphatic hydroxyl groups is 1. The Morgan fingerprint density at radius 1 is 1.39 bits per heavy atom. The first kappa shape index (κ1) is 14.0. The van der Waals surface area contributed by atoms with Crippen LogP contribution in [0.25, 0.3) is 0 Å². The van der Waals surface area contributed by atoms with Crippen LogP contribution in [0.5, 0.6) is 0 Å². The van der Waals surface area contributed by atoms with E-state index in [-0.39, 0.29) is 0 Å². The van der Waals surface area contributed by atoms with Gasteiger partial charge in [0.1, 0.15) is 6.10 Å². The highest BCUT2D eigenvalue weighted by atomic mass is 16.6. The van der Waals surface area contributed by atoms with Gasteiger partial charge >= 0.3 is 6.09 Å². The van der Waals surface area contributed by atoms with Crippen molar-refractivity contribution in [3.63, 3.8) is 0 Å². The maximum absolute atomic E-state index is 11.5. The predicted octanol–water partition coefficient (Wildman–Crippen LogP) is 0.148. The summed E-state index contributed by atoms with van der Waals surface area (Å²) >= 11 is 0. The third-order valence-corrected chi connectivity index (χ3v) is 2.32. The van der Waals surface area contributed by atoms with Crippen LogP contribution in [-0.2, 0) is 16.1 Å². The van der Waals surface area contributed by atoms with E-state index in [2.05, 4.69) is 10.1 Å². The number of primary amides is 1. The Morgan fingerprint density at radius 3 is 2.56 bits per heavy atom. The van der Waals surface area contributed by atoms with Gasteiger partial charge in [0.2, 0.25) is 0 Å². The molecule has 0 fully saturated rings. The number of nitrogens with one attached hydrogen (secondary N) is 1. The summed E-state index contributed by atoms with van der Waals surface area (Å²) in [5.41, 5.74) is 5.70. The molecule has 0 saturated heterocycles. The summed E-state index contributed by atoms with van der Waals surface area (Å²) in [5.74, 6) is -0.618. The average molecular weight is 252 g/mol. The van der Waals surface area contributed by atoms with Crippen LogP contribution in [0, 0.1) is 0 Å². The molecule has 0 aliphatic rings. The van der Waals surface area contributed by atoms with E-state index in [0.717, 1.165) is 5.56 Å². The van der Waals surface area contributed by atoms with E-state index >= 15 is 0 Å². The molecule has 0 aromatic heterocycles. The molecule has 0 radical (unpaired) electrons. The van der Waals surface area contributed by atoms with E-state index in [1.807, 2.05) is 30.3 Å². The van der Waals surface area contributed by atoms with Gasteiger partial charge < -0.3 is 20.9 Å². The van der Waals surface area contributed by atoms with E-state index in [4.69, 9.17) is 5.73 Å². The number of nitrogens with two attached hydrogens (primary N) is 1. The van der Waals surface area contributed by atoms with Gasteiger partial charge in [-0.15, -0.1) is 0 Å². The third kappa shape index (κ3) is 4.42. The second-order valence-corrected chi connectivity index (χ2v) is 3.79. The Kier molecular flexibility index (Phi) is 5.13. The molecule has 4 N–H and O–H groups in total. The van der Waals surface area contributed by atoms with Crippen LogP contribution >= 0.6 is 0 Å². The predicted molar refractivity (Wildman–Crippen MR) is 64.4 cm³/mol. The molecule has 0 spiro atoms. The van der Waals surface area contributed by atoms with Crippen molar-refractivity contribution in [2.24, 2.45) is 5.73 Å². The molecule has 0 saturated carbocycles. The van der Waals surface area contributed by atoms with Crippen molar-refractivity contribution in [3.8, 4) is 0 Å². The number of carbonyl (C=O) groups excluding carboxylic acids is 2. The van der Waals surface area contributed by atoms with Crippen LogP contribution in [0.1, 0.15) is 12.5 Å². The first-order valence-corrected chi connectivity index (χ1v) is 5.46. The van der Waals surface area contributed by atoms with E-state index in [9.17, 15) is 14.7 Å². The number of hydrogen-bond donors (Lipinski definition) is 3. The minimum absolute atomic E-state index is 0.292. The van der Waals surface area contributed by atoms with E-state index in [1.54, 1.807) is 0 Å². The fraction of sp³-hybridized carbons (Fsp3) is 0.333. The Hall–Kier alpha value is -2.08. The zero-order valence-corrected chi connectivity index (χ0v) is 10.00. The second kappa shape index (κ2) is 6.61. The fourth-order valence-electron chi connectivity index (χ4n) is 1.35. The van der Waals surface area contributed by atoms with E-state index in [0.29, 0.717) is 6.54 Å². The number of benzene rings is 1. The van der Waals surface area contributed by atoms with Gasteiger partial charge in [-0.2, -0.15) is 0 Å². The lowest BCUT2D eigenvalue weighted by atomic mass is 10.2. The molecule has 2 unspecified atom stereocenters. The Labute approximate surface area is 105 Å². The highest BCUT2D eigenvalue weighted by Crippen LogP contribution is 2.01. The van der Waals surface area contributed by atoms with Crippen LogP contribution in [-0.4, -0.2) is 29.3 Å². The van der Waals surface area contributed by atoms with E-state index < -0.39 is 24.2 Å². The van der Waals surface area contributed by atoms with Gasteiger partial charge in [-0.3, -0.25) is 4.79 Å². The van der Waals surface area contributed by atoms with Crippen molar-refractivity contribution in [1.29, 1.82) is 0 Å². The van der Waals surface area contributed by atoms with Crippen molar-refractivity contribution >= 4 is 12.0 Å². The Bertz CT molecular complexity index is 408. The molecule has 18 heavy (non-hydrogen) atoms. The topological polar surface area (TPSA) is 102 Å². The molecule has 98 valence electrons. The molecule has 6 heteroatoms. The maximum Gasteiger partial charge on any atom is 0.404 e. The quantitative estimate of drug-likeness (QED) is 0.694. The summed E-state index contributed by atoms with van der Waals surface area (Å²) in [6, 6.07) is 9.24. The van der Waals surface area contributed by atoms with Gasteiger partial charge in [0, 0.05) is 6.54 Å². The lowest BCUT2D eigenvalue weighted by molar-refractivity contribution is -0.134. The van der Waals surface area contributed by atoms with Crippen molar-refractivity contribution in [1.82, 2.24) is 5.32 Å². The van der Waals surface area contributed by atoms with Crippen LogP contribution in [0.15, 0.2) is 30.3 Å². The van der Waals surface area contributed by atoms with Gasteiger partial charge in [-0.1, -0.05) is 30.3 Å². The summed E-state index contributed by atoms with van der Waals surface area (Å²) in [6.07, 6.45) is -3.46. The summed E-state index contributed by atoms with van der Waals surface area (Å²) in [7, 11) is 0. The van der Waals surface area contributed by atoms with Crippen molar-refractivity contribution in [2.75, 3.05) is 0 Å². The van der Waals surface area contributed by atoms with Crippen molar-refractivity contribution < 1.29 is 19.4 Å². The highest BCUT2D eigenvalue weighted by Gasteiger charge is 2.24. The molecule has 1 aromatic carbocycles. The zero-order chi connectivity index (χ0) is 13.5. The fourth-order valence-corrected chi connectivity index (χ4v) is 1.35. The van der Waals surface area contributed by atoms with Crippen LogP contribution in [0.3, 0.4) is 0 Å². The molecule has 6 nitrogen and oxygen atoms in total. The number of rotatable bonds is 5. The molecule has 0 bridgehead atoms. The number of hydrogen-bond acceptors (Lipinski definition) is 4. The maximum atomic E-state index is 11.5. The lowest BCUT2D eigenvalue weighted by Gasteiger charge is -2.17. The highest BCUT2D eigenvalue weighted by molar-refractivity contribution is 5.81. The molecule has 2 amide bonds. The number of amides is 2. The van der Waals surface area contributed by atoms with Crippen LogP contribution in [0.4, 0.5) is 4.79 Å². The summed E-state index contributed by atoms with van der Waals surface area (Å²) in [6.45, 7) is 1.68. The first-order chi connectivity index (χ1) is 8.50. The van der Waals surface area contributed by atoms with Gasteiger partial charge in [-0.25, -0.2) is 4.79 Å². The van der Waals surface area contributed by atoms with Gasteiger partial charge in [0.25, 0.3) is 5.91 Å². The smallest absolute Gasteiger partial charge is 0.404 e. The molecule has 0 aliphatic carbocycles. The third-order valence-electron chi connectivity index (χ3n) is 2.32. The molecule has 2 atom stereocenters. The SMILES string of the molecule is CC(OC(N)=O)C(O)C(=O)NCc1ccccc1. The summed E-state index contributed by atoms with van der Waals surface area (Å²) in [5, 5.41) is 12.1. The minimum Gasteiger partial charge on any atom is -0.443 e. The van der Waals surface area contributed by atoms with Gasteiger partial charge in [0.15, 0.2) is 6.10 Å². The monoisotopic (exact) mass is 252 g/mol. The summed E-state index contributed by atoms with van der Waals surface area (Å²) < 4.78 is 4.51. The minimum atomic E-state index is -1.44. The van der Waals surface area contributed by atoms with E-state index in [1.165, 1.54) is 6.92 Å². The number of aliphatic hydroxyl groups excluding tert-OH is 1. The number of carbonyl (C=O) groups is 2. The molecular formula is C12H16N2O4. The molecule has 1 rings (SSSR count). The van der Waals surface area contributed by atoms with Gasteiger partial charge in [0.05, 0.1) is 0 Å². The lowest BCUT2D eigenvalue weighted by Crippen LogP contribution is -2.43. The largest absolute Gasteiger partial charge is 0.443 e. The van der Waals surface area contributed by atoms with Crippen molar-refractivity contribution in [3.05, 3.63) is 35.9 Å². The second-order valence-electron chi connectivity index (χ2n) is 3.79. The van der Waals surface area contributed by atoms with Crippen molar-refractivity contribution in [2.45, 2.75) is 25.7 Å². The molecule has 1 aromatic rings. The Balaban J connectivity index is 2.43. The van der Waals surface area contributed by atoms with Gasteiger partial charge in [-0.05, 0) is 12.5 Å². The molecule has 0 aliphatic heterocycles. The normalized spacial score (nSPS) is 13.4. The molecule has 0 heterocycles. The van der Waals surface area contributed by atoms with Crippen LogP contribution in [0.2, 0.25) is 0 Å². The zero-order valence-electron chi connectivity index (χ0n) is 10.00. The average Bonchev–Trinajstić information content (AvgIpc) is 2.35. The Morgan fingerprint density at radius 2 is 2.00 bits per heavy atom. The standard InChI is InChI=1S/C12H16N2O4/c1-8(18-12(13)17)10(15)11(16)14-7-9-5-3-2-4-6-9/h2-6,8,10,15H,7H2,1H3,(H2,13,17)(H,14,16). The summed E-state index contributed by atoms with van der Waals surface area (Å²) in [4.78, 5) is 22.0. The van der Waals surface area contributed by atoms with Crippen LogP contribution < -0.4 is 11.1 Å². The molecular weight excluding hydrogens is 236 g/mol.